The van der Waals surface area contributed by atoms with Crippen LogP contribution in [0.5, 0.6) is 0 Å². The van der Waals surface area contributed by atoms with Crippen molar-refractivity contribution in [1.82, 2.24) is 14.3 Å². The van der Waals surface area contributed by atoms with Crippen LogP contribution in [0.2, 0.25) is 0 Å². The van der Waals surface area contributed by atoms with Gasteiger partial charge in [0, 0.05) is 42.3 Å². The number of para-hydroxylation sites is 1. The van der Waals surface area contributed by atoms with Crippen molar-refractivity contribution in [2.45, 2.75) is 46.1 Å². The zero-order valence-corrected chi connectivity index (χ0v) is 18.0. The zero-order chi connectivity index (χ0) is 20.9. The number of aryl methyl sites for hydroxylation is 1. The van der Waals surface area contributed by atoms with E-state index < -0.39 is 10.0 Å². The first-order valence-electron chi connectivity index (χ1n) is 10.3. The standard InChI is InChI=1S/C21H30N4O3S/c1-3-5-12-24-15-18(19-10-6-7-11-20(19)24)14-22-23-21(26)17-9-8-13-25(16-17)29(27,28)4-2/h6-7,10-11,14-15,17H,3-5,8-9,12-13,16H2,1-2H3,(H,23,26)/b22-14-/t17-/m0/s1. The van der Waals surface area contributed by atoms with Crippen LogP contribution in [0.25, 0.3) is 10.9 Å². The van der Waals surface area contributed by atoms with Gasteiger partial charge in [0.1, 0.15) is 0 Å². The van der Waals surface area contributed by atoms with E-state index in [0.29, 0.717) is 19.4 Å². The summed E-state index contributed by atoms with van der Waals surface area (Å²) in [5.41, 5.74) is 4.72. The molecule has 3 rings (SSSR count). The van der Waals surface area contributed by atoms with Crippen molar-refractivity contribution in [3.05, 3.63) is 36.0 Å². The lowest BCUT2D eigenvalue weighted by molar-refractivity contribution is -0.126. The quantitative estimate of drug-likeness (QED) is 0.528. The largest absolute Gasteiger partial charge is 0.347 e. The molecule has 1 saturated heterocycles. The second-order valence-corrected chi connectivity index (χ2v) is 9.74. The van der Waals surface area contributed by atoms with E-state index in [9.17, 15) is 13.2 Å². The number of hydrazone groups is 1. The highest BCUT2D eigenvalue weighted by Crippen LogP contribution is 2.21. The number of amides is 1. The summed E-state index contributed by atoms with van der Waals surface area (Å²) in [6, 6.07) is 8.15. The van der Waals surface area contributed by atoms with Gasteiger partial charge in [0.05, 0.1) is 17.9 Å². The Morgan fingerprint density at radius 3 is 2.86 bits per heavy atom. The van der Waals surface area contributed by atoms with Crippen molar-refractivity contribution in [3.63, 3.8) is 0 Å². The average Bonchev–Trinajstić information content (AvgIpc) is 3.10. The van der Waals surface area contributed by atoms with Gasteiger partial charge in [0.25, 0.3) is 0 Å². The molecule has 1 aliphatic heterocycles. The number of hydrogen-bond acceptors (Lipinski definition) is 4. The maximum absolute atomic E-state index is 12.5. The van der Waals surface area contributed by atoms with E-state index in [1.165, 1.54) is 4.31 Å². The minimum Gasteiger partial charge on any atom is -0.347 e. The van der Waals surface area contributed by atoms with E-state index in [1.807, 2.05) is 12.1 Å². The molecule has 1 aromatic heterocycles. The third kappa shape index (κ3) is 5.05. The number of carbonyl (C=O) groups excluding carboxylic acids is 1. The van der Waals surface area contributed by atoms with Crippen molar-refractivity contribution in [2.75, 3.05) is 18.8 Å². The Balaban J connectivity index is 1.67. The van der Waals surface area contributed by atoms with Crippen LogP contribution in [0.3, 0.4) is 0 Å². The molecule has 0 saturated carbocycles. The summed E-state index contributed by atoms with van der Waals surface area (Å²) >= 11 is 0. The lowest BCUT2D eigenvalue weighted by Gasteiger charge is -2.30. The molecule has 1 N–H and O–H groups in total. The van der Waals surface area contributed by atoms with Gasteiger partial charge in [-0.15, -0.1) is 0 Å². The van der Waals surface area contributed by atoms with E-state index in [0.717, 1.165) is 35.9 Å². The second kappa shape index (κ2) is 9.54. The number of nitrogens with one attached hydrogen (secondary N) is 1. The summed E-state index contributed by atoms with van der Waals surface area (Å²) in [6.07, 6.45) is 7.32. The van der Waals surface area contributed by atoms with Crippen LogP contribution in [0, 0.1) is 5.92 Å². The maximum Gasteiger partial charge on any atom is 0.244 e. The number of nitrogens with zero attached hydrogens (tertiary/aromatic N) is 3. The molecular weight excluding hydrogens is 388 g/mol. The van der Waals surface area contributed by atoms with Gasteiger partial charge in [0.15, 0.2) is 0 Å². The molecule has 1 aliphatic rings. The van der Waals surface area contributed by atoms with Crippen LogP contribution in [0.15, 0.2) is 35.6 Å². The fourth-order valence-electron chi connectivity index (χ4n) is 3.74. The van der Waals surface area contributed by atoms with Crippen LogP contribution >= 0.6 is 0 Å². The first-order valence-corrected chi connectivity index (χ1v) is 12.0. The smallest absolute Gasteiger partial charge is 0.244 e. The summed E-state index contributed by atoms with van der Waals surface area (Å²) in [5.74, 6) is -0.540. The molecule has 0 bridgehead atoms. The van der Waals surface area contributed by atoms with Gasteiger partial charge in [-0.1, -0.05) is 31.5 Å². The van der Waals surface area contributed by atoms with E-state index >= 15 is 0 Å². The molecule has 1 atom stereocenters. The molecule has 1 fully saturated rings. The van der Waals surface area contributed by atoms with Crippen LogP contribution in [-0.4, -0.2) is 48.3 Å². The Bertz CT molecular complexity index is 981. The molecule has 0 spiro atoms. The van der Waals surface area contributed by atoms with Gasteiger partial charge in [0.2, 0.25) is 15.9 Å². The molecule has 8 heteroatoms. The zero-order valence-electron chi connectivity index (χ0n) is 17.2. The predicted molar refractivity (Wildman–Crippen MR) is 116 cm³/mol. The van der Waals surface area contributed by atoms with Crippen molar-refractivity contribution < 1.29 is 13.2 Å². The maximum atomic E-state index is 12.5. The molecule has 7 nitrogen and oxygen atoms in total. The number of sulfonamides is 1. The number of fused-ring (bicyclic) bond motifs is 1. The Labute approximate surface area is 172 Å². The van der Waals surface area contributed by atoms with E-state index in [2.05, 4.69) is 40.3 Å². The summed E-state index contributed by atoms with van der Waals surface area (Å²) in [4.78, 5) is 12.5. The van der Waals surface area contributed by atoms with Gasteiger partial charge in [-0.3, -0.25) is 4.79 Å². The molecule has 1 amide bonds. The number of rotatable bonds is 8. The fraction of sp³-hybridized carbons (Fsp3) is 0.524. The molecule has 0 aliphatic carbocycles. The number of aromatic nitrogens is 1. The van der Waals surface area contributed by atoms with Crippen LogP contribution < -0.4 is 5.43 Å². The Hall–Kier alpha value is -2.19. The number of piperidine rings is 1. The molecule has 1 aromatic carbocycles. The first-order chi connectivity index (χ1) is 14.0. The third-order valence-corrected chi connectivity index (χ3v) is 7.31. The summed E-state index contributed by atoms with van der Waals surface area (Å²) < 4.78 is 27.8. The second-order valence-electron chi connectivity index (χ2n) is 7.48. The molecule has 0 radical (unpaired) electrons. The SMILES string of the molecule is CCCCn1cc(/C=N\NC(=O)[C@H]2CCCN(S(=O)(=O)CC)C2)c2ccccc21. The van der Waals surface area contributed by atoms with Crippen molar-refractivity contribution in [1.29, 1.82) is 0 Å². The topological polar surface area (TPSA) is 83.8 Å². The Morgan fingerprint density at radius 1 is 1.31 bits per heavy atom. The summed E-state index contributed by atoms with van der Waals surface area (Å²) in [6.45, 7) is 5.46. The number of benzene rings is 1. The van der Waals surface area contributed by atoms with Gasteiger partial charge in [-0.05, 0) is 32.3 Å². The molecule has 0 unspecified atom stereocenters. The van der Waals surface area contributed by atoms with Crippen molar-refractivity contribution in [2.24, 2.45) is 11.0 Å². The summed E-state index contributed by atoms with van der Waals surface area (Å²) in [7, 11) is -3.27. The molecule has 2 aromatic rings. The van der Waals surface area contributed by atoms with Crippen molar-refractivity contribution in [3.8, 4) is 0 Å². The first kappa shape index (κ1) is 21.5. The number of hydrogen-bond donors (Lipinski definition) is 1. The van der Waals surface area contributed by atoms with Gasteiger partial charge < -0.3 is 4.57 Å². The van der Waals surface area contributed by atoms with Crippen molar-refractivity contribution >= 4 is 33.0 Å². The molecule has 2 heterocycles. The van der Waals surface area contributed by atoms with Gasteiger partial charge in [-0.25, -0.2) is 18.1 Å². The molecule has 29 heavy (non-hydrogen) atoms. The average molecular weight is 419 g/mol. The highest BCUT2D eigenvalue weighted by molar-refractivity contribution is 7.89. The lowest BCUT2D eigenvalue weighted by Crippen LogP contribution is -2.45. The van der Waals surface area contributed by atoms with Crippen LogP contribution in [-0.2, 0) is 21.4 Å². The predicted octanol–water partition coefficient (Wildman–Crippen LogP) is 2.95. The van der Waals surface area contributed by atoms with E-state index in [-0.39, 0.29) is 24.1 Å². The van der Waals surface area contributed by atoms with Gasteiger partial charge >= 0.3 is 0 Å². The van der Waals surface area contributed by atoms with E-state index in [1.54, 1.807) is 13.1 Å². The Morgan fingerprint density at radius 2 is 2.10 bits per heavy atom. The monoisotopic (exact) mass is 418 g/mol. The minimum absolute atomic E-state index is 0.0571. The lowest BCUT2D eigenvalue weighted by atomic mass is 9.99. The number of carbonyl (C=O) groups is 1. The molecular formula is C21H30N4O3S. The molecule has 158 valence electrons. The Kier molecular flexibility index (Phi) is 7.08. The van der Waals surface area contributed by atoms with Crippen LogP contribution in [0.4, 0.5) is 0 Å². The highest BCUT2D eigenvalue weighted by atomic mass is 32.2. The van der Waals surface area contributed by atoms with E-state index in [4.69, 9.17) is 0 Å². The highest BCUT2D eigenvalue weighted by Gasteiger charge is 2.31. The van der Waals surface area contributed by atoms with Crippen LogP contribution in [0.1, 0.15) is 45.1 Å². The summed E-state index contributed by atoms with van der Waals surface area (Å²) in [5, 5.41) is 5.26. The normalized spacial score (nSPS) is 18.5. The number of unbranched alkanes of at least 4 members (excludes halogenated alkanes) is 1. The minimum atomic E-state index is -3.27. The van der Waals surface area contributed by atoms with Gasteiger partial charge in [-0.2, -0.15) is 5.10 Å². The third-order valence-electron chi connectivity index (χ3n) is 5.46. The fourth-order valence-corrected chi connectivity index (χ4v) is 4.92.